The van der Waals surface area contributed by atoms with Gasteiger partial charge in [-0.3, -0.25) is 4.68 Å². The maximum absolute atomic E-state index is 5.82. The molecule has 0 fully saturated rings. The van der Waals surface area contributed by atoms with Gasteiger partial charge in [0, 0.05) is 36.1 Å². The van der Waals surface area contributed by atoms with Crippen molar-refractivity contribution in [3.05, 3.63) is 46.7 Å². The van der Waals surface area contributed by atoms with Crippen LogP contribution < -0.4 is 10.6 Å². The predicted octanol–water partition coefficient (Wildman–Crippen LogP) is 2.87. The summed E-state index contributed by atoms with van der Waals surface area (Å²) in [5, 5.41) is 11.8. The Morgan fingerprint density at radius 2 is 2.05 bits per heavy atom. The smallest absolute Gasteiger partial charge is 0.171 e. The van der Waals surface area contributed by atoms with E-state index in [1.165, 1.54) is 0 Å². The molecule has 2 aromatic rings. The highest BCUT2D eigenvalue weighted by atomic mass is 35.5. The molecule has 0 saturated carbocycles. The quantitative estimate of drug-likeness (QED) is 0.854. The first-order valence-electron chi connectivity index (χ1n) is 5.84. The van der Waals surface area contributed by atoms with Gasteiger partial charge >= 0.3 is 0 Å². The van der Waals surface area contributed by atoms with Crippen LogP contribution in [0.15, 0.2) is 30.5 Å². The SMILES string of the molecule is Cc1nn(C)cc1CNC(=S)Nc1ccc(Cl)cc1. The fraction of sp³-hybridized carbons (Fsp3) is 0.231. The number of nitrogens with one attached hydrogen (secondary N) is 2. The number of hydrogen-bond acceptors (Lipinski definition) is 2. The van der Waals surface area contributed by atoms with E-state index in [4.69, 9.17) is 23.8 Å². The van der Waals surface area contributed by atoms with Crippen molar-refractivity contribution in [3.8, 4) is 0 Å². The van der Waals surface area contributed by atoms with Crippen molar-refractivity contribution in [2.24, 2.45) is 7.05 Å². The van der Waals surface area contributed by atoms with E-state index in [0.29, 0.717) is 16.7 Å². The number of anilines is 1. The Hall–Kier alpha value is -1.59. The molecule has 100 valence electrons. The maximum Gasteiger partial charge on any atom is 0.171 e. The summed E-state index contributed by atoms with van der Waals surface area (Å²) in [5.74, 6) is 0. The van der Waals surface area contributed by atoms with Crippen molar-refractivity contribution in [2.45, 2.75) is 13.5 Å². The molecule has 0 aliphatic carbocycles. The van der Waals surface area contributed by atoms with Gasteiger partial charge in [0.2, 0.25) is 0 Å². The molecule has 1 aromatic carbocycles. The molecule has 0 bridgehead atoms. The zero-order valence-corrected chi connectivity index (χ0v) is 12.3. The molecule has 4 nitrogen and oxygen atoms in total. The van der Waals surface area contributed by atoms with Crippen LogP contribution in [-0.4, -0.2) is 14.9 Å². The number of aryl methyl sites for hydroxylation is 2. The zero-order chi connectivity index (χ0) is 13.8. The molecule has 0 aliphatic heterocycles. The number of halogens is 1. The third-order valence-electron chi connectivity index (χ3n) is 2.66. The number of rotatable bonds is 3. The summed E-state index contributed by atoms with van der Waals surface area (Å²) in [5.41, 5.74) is 3.04. The Labute approximate surface area is 122 Å². The van der Waals surface area contributed by atoms with Gasteiger partial charge in [0.15, 0.2) is 5.11 Å². The second kappa shape index (κ2) is 6.04. The van der Waals surface area contributed by atoms with Crippen molar-refractivity contribution in [3.63, 3.8) is 0 Å². The zero-order valence-electron chi connectivity index (χ0n) is 10.8. The second-order valence-electron chi connectivity index (χ2n) is 4.23. The lowest BCUT2D eigenvalue weighted by molar-refractivity contribution is 0.756. The number of benzene rings is 1. The lowest BCUT2D eigenvalue weighted by Crippen LogP contribution is -2.27. The minimum atomic E-state index is 0.575. The fourth-order valence-corrected chi connectivity index (χ4v) is 2.02. The van der Waals surface area contributed by atoms with Crippen LogP contribution in [0.2, 0.25) is 5.02 Å². The molecule has 0 radical (unpaired) electrons. The van der Waals surface area contributed by atoms with Gasteiger partial charge in [0.25, 0.3) is 0 Å². The number of thiocarbonyl (C=S) groups is 1. The summed E-state index contributed by atoms with van der Waals surface area (Å²) < 4.78 is 1.79. The predicted molar refractivity (Wildman–Crippen MR) is 82.5 cm³/mol. The largest absolute Gasteiger partial charge is 0.358 e. The highest BCUT2D eigenvalue weighted by Crippen LogP contribution is 2.13. The molecular weight excluding hydrogens is 280 g/mol. The molecule has 0 saturated heterocycles. The van der Waals surface area contributed by atoms with Crippen LogP contribution in [0.4, 0.5) is 5.69 Å². The minimum absolute atomic E-state index is 0.575. The van der Waals surface area contributed by atoms with Gasteiger partial charge in [-0.15, -0.1) is 0 Å². The topological polar surface area (TPSA) is 41.9 Å². The average molecular weight is 295 g/mol. The lowest BCUT2D eigenvalue weighted by atomic mass is 10.3. The van der Waals surface area contributed by atoms with Crippen LogP contribution >= 0.6 is 23.8 Å². The molecule has 0 unspecified atom stereocenters. The third-order valence-corrected chi connectivity index (χ3v) is 3.15. The van der Waals surface area contributed by atoms with E-state index in [1.54, 1.807) is 4.68 Å². The van der Waals surface area contributed by atoms with Gasteiger partial charge in [-0.1, -0.05) is 11.6 Å². The summed E-state index contributed by atoms with van der Waals surface area (Å²) in [6, 6.07) is 7.40. The summed E-state index contributed by atoms with van der Waals surface area (Å²) in [4.78, 5) is 0. The molecule has 2 rings (SSSR count). The van der Waals surface area contributed by atoms with E-state index in [1.807, 2.05) is 44.4 Å². The Kier molecular flexibility index (Phi) is 4.39. The third kappa shape index (κ3) is 3.94. The Bertz CT molecular complexity index is 577. The van der Waals surface area contributed by atoms with E-state index in [9.17, 15) is 0 Å². The molecule has 1 aromatic heterocycles. The first-order chi connectivity index (χ1) is 9.04. The molecule has 0 atom stereocenters. The molecule has 1 heterocycles. The van der Waals surface area contributed by atoms with Crippen LogP contribution in [0.1, 0.15) is 11.3 Å². The van der Waals surface area contributed by atoms with Gasteiger partial charge in [0.1, 0.15) is 0 Å². The van der Waals surface area contributed by atoms with E-state index >= 15 is 0 Å². The Balaban J connectivity index is 1.88. The second-order valence-corrected chi connectivity index (χ2v) is 5.07. The van der Waals surface area contributed by atoms with Crippen LogP contribution in [0, 0.1) is 6.92 Å². The Morgan fingerprint density at radius 3 is 2.63 bits per heavy atom. The van der Waals surface area contributed by atoms with Crippen LogP contribution in [0.25, 0.3) is 0 Å². The molecule has 2 N–H and O–H groups in total. The molecule has 6 heteroatoms. The monoisotopic (exact) mass is 294 g/mol. The summed E-state index contributed by atoms with van der Waals surface area (Å²) >= 11 is 11.1. The standard InChI is InChI=1S/C13H15ClN4S/c1-9-10(8-18(2)17-9)7-15-13(19)16-12-5-3-11(14)4-6-12/h3-6,8H,7H2,1-2H3,(H2,15,16,19). The number of hydrogen-bond donors (Lipinski definition) is 2. The number of aromatic nitrogens is 2. The first-order valence-corrected chi connectivity index (χ1v) is 6.63. The molecule has 0 aliphatic rings. The maximum atomic E-state index is 5.82. The van der Waals surface area contributed by atoms with Crippen molar-refractivity contribution in [2.75, 3.05) is 5.32 Å². The normalized spacial score (nSPS) is 10.3. The molecule has 19 heavy (non-hydrogen) atoms. The van der Waals surface area contributed by atoms with Crippen molar-refractivity contribution in [1.82, 2.24) is 15.1 Å². The van der Waals surface area contributed by atoms with Gasteiger partial charge in [-0.05, 0) is 43.4 Å². The van der Waals surface area contributed by atoms with Gasteiger partial charge in [0.05, 0.1) is 5.69 Å². The molecular formula is C13H15ClN4S. The highest BCUT2D eigenvalue weighted by Gasteiger charge is 2.04. The minimum Gasteiger partial charge on any atom is -0.358 e. The van der Waals surface area contributed by atoms with E-state index in [-0.39, 0.29) is 0 Å². The molecule has 0 spiro atoms. The van der Waals surface area contributed by atoms with Crippen molar-refractivity contribution in [1.29, 1.82) is 0 Å². The van der Waals surface area contributed by atoms with E-state index in [2.05, 4.69) is 15.7 Å². The molecule has 0 amide bonds. The van der Waals surface area contributed by atoms with E-state index < -0.39 is 0 Å². The fourth-order valence-electron chi connectivity index (χ4n) is 1.71. The van der Waals surface area contributed by atoms with Crippen LogP contribution in [-0.2, 0) is 13.6 Å². The van der Waals surface area contributed by atoms with Gasteiger partial charge < -0.3 is 10.6 Å². The van der Waals surface area contributed by atoms with Gasteiger partial charge in [-0.25, -0.2) is 0 Å². The van der Waals surface area contributed by atoms with Gasteiger partial charge in [-0.2, -0.15) is 5.10 Å². The highest BCUT2D eigenvalue weighted by molar-refractivity contribution is 7.80. The summed E-state index contributed by atoms with van der Waals surface area (Å²) in [6.45, 7) is 2.63. The number of nitrogens with zero attached hydrogens (tertiary/aromatic N) is 2. The first kappa shape index (κ1) is 13.8. The summed E-state index contributed by atoms with van der Waals surface area (Å²) in [6.07, 6.45) is 1.98. The van der Waals surface area contributed by atoms with Crippen LogP contribution in [0.5, 0.6) is 0 Å². The average Bonchev–Trinajstić information content (AvgIpc) is 2.68. The summed E-state index contributed by atoms with van der Waals surface area (Å²) in [7, 11) is 1.90. The Morgan fingerprint density at radius 1 is 1.37 bits per heavy atom. The van der Waals surface area contributed by atoms with Crippen molar-refractivity contribution < 1.29 is 0 Å². The lowest BCUT2D eigenvalue weighted by Gasteiger charge is -2.10. The van der Waals surface area contributed by atoms with Crippen LogP contribution in [0.3, 0.4) is 0 Å². The van der Waals surface area contributed by atoms with E-state index in [0.717, 1.165) is 16.9 Å². The van der Waals surface area contributed by atoms with Crippen molar-refractivity contribution >= 4 is 34.6 Å².